The minimum Gasteiger partial charge on any atom is -0.457 e. The Morgan fingerprint density at radius 3 is 2.77 bits per heavy atom. The van der Waals surface area contributed by atoms with Crippen molar-refractivity contribution in [2.45, 2.75) is 20.0 Å². The van der Waals surface area contributed by atoms with Gasteiger partial charge in [-0.2, -0.15) is 4.98 Å². The first-order chi connectivity index (χ1) is 6.09. The lowest BCUT2D eigenvalue weighted by Gasteiger charge is -2.05. The molecule has 69 valence electrons. The van der Waals surface area contributed by atoms with E-state index in [9.17, 15) is 9.90 Å². The van der Waals surface area contributed by atoms with E-state index < -0.39 is 11.8 Å². The molecule has 5 nitrogen and oxygen atoms in total. The van der Waals surface area contributed by atoms with Gasteiger partial charge in [-0.15, -0.1) is 0 Å². The topological polar surface area (TPSA) is 72.0 Å². The van der Waals surface area contributed by atoms with Gasteiger partial charge in [0, 0.05) is 12.3 Å². The van der Waals surface area contributed by atoms with Crippen molar-refractivity contribution >= 4 is 5.97 Å². The van der Waals surface area contributed by atoms with Gasteiger partial charge in [-0.3, -0.25) is 5.11 Å². The molecule has 13 heavy (non-hydrogen) atoms. The largest absolute Gasteiger partial charge is 0.457 e. The highest BCUT2D eigenvalue weighted by Crippen LogP contribution is 2.04. The second-order valence-electron chi connectivity index (χ2n) is 2.67. The molecule has 0 atom stereocenters. The van der Waals surface area contributed by atoms with Crippen molar-refractivity contribution in [3.05, 3.63) is 18.1 Å². The number of nitrogens with zero attached hydrogens (tertiary/aromatic N) is 2. The van der Waals surface area contributed by atoms with E-state index in [4.69, 9.17) is 4.74 Å². The van der Waals surface area contributed by atoms with Gasteiger partial charge in [-0.1, -0.05) is 0 Å². The average Bonchev–Trinajstić information content (AvgIpc) is 2.03. The molecule has 0 amide bonds. The van der Waals surface area contributed by atoms with Crippen LogP contribution in [0, 0.1) is 0 Å². The van der Waals surface area contributed by atoms with Crippen LogP contribution in [-0.2, 0) is 9.84 Å². The van der Waals surface area contributed by atoms with E-state index in [1.165, 1.54) is 12.3 Å². The zero-order chi connectivity index (χ0) is 9.84. The number of hydrogen-bond donors (Lipinski definition) is 0. The third-order valence-electron chi connectivity index (χ3n) is 1.16. The summed E-state index contributed by atoms with van der Waals surface area (Å²) < 4.78 is 4.79. The van der Waals surface area contributed by atoms with E-state index in [1.807, 2.05) is 0 Å². The highest BCUT2D eigenvalue weighted by atomic mass is 16.5. The van der Waals surface area contributed by atoms with E-state index in [0.29, 0.717) is 0 Å². The van der Waals surface area contributed by atoms with Gasteiger partial charge in [0.15, 0.2) is 0 Å². The van der Waals surface area contributed by atoms with Crippen molar-refractivity contribution in [2.75, 3.05) is 0 Å². The predicted octanol–water partition coefficient (Wildman–Crippen LogP) is 1.19. The summed E-state index contributed by atoms with van der Waals surface area (Å²) in [5.74, 6) is -1.36. The highest BCUT2D eigenvalue weighted by molar-refractivity contribution is 5.85. The summed E-state index contributed by atoms with van der Waals surface area (Å²) in [6, 6.07) is 1.17. The maximum absolute atomic E-state index is 11.1. The van der Waals surface area contributed by atoms with Crippen LogP contribution in [-0.4, -0.2) is 22.0 Å². The van der Waals surface area contributed by atoms with Gasteiger partial charge in [0.2, 0.25) is 5.82 Å². The maximum atomic E-state index is 11.1. The molecule has 0 aliphatic rings. The van der Waals surface area contributed by atoms with Gasteiger partial charge in [-0.25, -0.2) is 9.78 Å². The number of rotatable bonds is 2. The molecule has 5 heteroatoms. The van der Waals surface area contributed by atoms with E-state index >= 15 is 0 Å². The number of carbonyl (C=O) groups excluding carboxylic acids is 1. The number of carbonyl (C=O) groups is 1. The van der Waals surface area contributed by atoms with Crippen LogP contribution >= 0.6 is 0 Å². The van der Waals surface area contributed by atoms with Crippen molar-refractivity contribution < 1.29 is 14.6 Å². The maximum Gasteiger partial charge on any atom is 0.376 e. The number of esters is 1. The Bertz CT molecular complexity index is 312. The number of aromatic nitrogens is 2. The van der Waals surface area contributed by atoms with Crippen molar-refractivity contribution in [2.24, 2.45) is 0 Å². The molecule has 1 aromatic rings. The van der Waals surface area contributed by atoms with Crippen LogP contribution in [0.1, 0.15) is 24.5 Å². The number of ether oxygens (including phenoxy) is 1. The van der Waals surface area contributed by atoms with E-state index in [-0.39, 0.29) is 11.9 Å². The van der Waals surface area contributed by atoms with Gasteiger partial charge in [-0.05, 0) is 13.8 Å². The molecule has 0 bridgehead atoms. The first-order valence-electron chi connectivity index (χ1n) is 3.80. The Morgan fingerprint density at radius 2 is 2.23 bits per heavy atom. The molecule has 1 aromatic heterocycles. The third-order valence-corrected chi connectivity index (χ3v) is 1.16. The molecule has 0 N–H and O–H groups in total. The molecule has 0 spiro atoms. The van der Waals surface area contributed by atoms with Crippen molar-refractivity contribution in [3.8, 4) is 5.88 Å². The summed E-state index contributed by atoms with van der Waals surface area (Å²) >= 11 is 0. The Kier molecular flexibility index (Phi) is 2.79. The summed E-state index contributed by atoms with van der Waals surface area (Å²) in [5.41, 5.74) is 0. The quantitative estimate of drug-likeness (QED) is 0.642. The van der Waals surface area contributed by atoms with Crippen LogP contribution < -0.4 is 0 Å². The summed E-state index contributed by atoms with van der Waals surface area (Å²) in [7, 11) is 0. The number of hydrogen-bond acceptors (Lipinski definition) is 4. The van der Waals surface area contributed by atoms with Crippen molar-refractivity contribution in [1.29, 1.82) is 0 Å². The highest BCUT2D eigenvalue weighted by Gasteiger charge is 2.12. The Balaban J connectivity index is 2.77. The molecule has 0 aliphatic heterocycles. The van der Waals surface area contributed by atoms with Crippen LogP contribution in [0.4, 0.5) is 0 Å². The molecule has 0 saturated heterocycles. The van der Waals surface area contributed by atoms with E-state index in [2.05, 4.69) is 9.97 Å². The molecular weight excluding hydrogens is 172 g/mol. The minimum atomic E-state index is -0.673. The molecule has 0 aromatic carbocycles. The Labute approximate surface area is 75.4 Å². The molecule has 0 unspecified atom stereocenters. The lowest BCUT2D eigenvalue weighted by Crippen LogP contribution is -2.14. The predicted molar refractivity (Wildman–Crippen MR) is 42.7 cm³/mol. The van der Waals surface area contributed by atoms with Crippen LogP contribution in [0.25, 0.3) is 0 Å². The third kappa shape index (κ3) is 2.70. The normalized spacial score (nSPS) is 10.1. The van der Waals surface area contributed by atoms with Crippen LogP contribution in [0.5, 0.6) is 5.88 Å². The molecule has 0 fully saturated rings. The van der Waals surface area contributed by atoms with Gasteiger partial charge < -0.3 is 4.74 Å². The molecule has 0 aliphatic carbocycles. The monoisotopic (exact) mass is 181 g/mol. The zero-order valence-electron chi connectivity index (χ0n) is 7.35. The second kappa shape index (κ2) is 3.84. The summed E-state index contributed by atoms with van der Waals surface area (Å²) in [6.07, 6.45) is 0.984. The molecule has 0 saturated carbocycles. The van der Waals surface area contributed by atoms with Crippen LogP contribution in [0.15, 0.2) is 12.3 Å². The fourth-order valence-electron chi connectivity index (χ4n) is 0.707. The van der Waals surface area contributed by atoms with Gasteiger partial charge in [0.1, 0.15) is 0 Å². The lowest BCUT2D eigenvalue weighted by molar-refractivity contribution is 0.0361. The fraction of sp³-hybridized carbons (Fsp3) is 0.375. The fourth-order valence-corrected chi connectivity index (χ4v) is 0.707. The summed E-state index contributed by atoms with van der Waals surface area (Å²) in [6.45, 7) is 3.41. The summed E-state index contributed by atoms with van der Waals surface area (Å²) in [5, 5.41) is 10.7. The standard InChI is InChI=1S/C8H9N2O3/c1-5(2)13-8(12)7-9-4-3-6(11)10-7/h3-5H,1-2H3. The second-order valence-corrected chi connectivity index (χ2v) is 2.67. The molecular formula is C8H9N2O3. The van der Waals surface area contributed by atoms with Crippen LogP contribution in [0.3, 0.4) is 0 Å². The first-order valence-corrected chi connectivity index (χ1v) is 3.80. The van der Waals surface area contributed by atoms with Crippen molar-refractivity contribution in [3.63, 3.8) is 0 Å². The van der Waals surface area contributed by atoms with Gasteiger partial charge >= 0.3 is 5.97 Å². The smallest absolute Gasteiger partial charge is 0.376 e. The summed E-state index contributed by atoms with van der Waals surface area (Å²) in [4.78, 5) is 18.1. The molecule has 1 radical (unpaired) electrons. The van der Waals surface area contributed by atoms with Crippen LogP contribution in [0.2, 0.25) is 0 Å². The lowest BCUT2D eigenvalue weighted by atomic mass is 10.4. The van der Waals surface area contributed by atoms with E-state index in [0.717, 1.165) is 0 Å². The average molecular weight is 181 g/mol. The van der Waals surface area contributed by atoms with Crippen molar-refractivity contribution in [1.82, 2.24) is 9.97 Å². The minimum absolute atomic E-state index is 0.193. The first kappa shape index (κ1) is 9.44. The van der Waals surface area contributed by atoms with E-state index in [1.54, 1.807) is 13.8 Å². The van der Waals surface area contributed by atoms with Gasteiger partial charge in [0.25, 0.3) is 5.88 Å². The Hall–Kier alpha value is -1.65. The van der Waals surface area contributed by atoms with Gasteiger partial charge in [0.05, 0.1) is 6.10 Å². The SMILES string of the molecule is CC(C)OC(=O)c1nccc([O])n1. The molecule has 1 rings (SSSR count). The molecule has 1 heterocycles. The Morgan fingerprint density at radius 1 is 1.54 bits per heavy atom. The zero-order valence-corrected chi connectivity index (χ0v) is 7.35.